The smallest absolute Gasteiger partial charge is 0.109 e. The van der Waals surface area contributed by atoms with E-state index in [4.69, 9.17) is 0 Å². The van der Waals surface area contributed by atoms with Crippen molar-refractivity contribution >= 4 is 77.0 Å². The van der Waals surface area contributed by atoms with E-state index >= 15 is 0 Å². The number of fused-ring (bicyclic) bond motifs is 2. The van der Waals surface area contributed by atoms with Crippen molar-refractivity contribution in [1.29, 1.82) is 0 Å². The van der Waals surface area contributed by atoms with Gasteiger partial charge in [0.15, 0.2) is 0 Å². The number of hydrogen-bond acceptors (Lipinski definition) is 6. The molecule has 0 saturated carbocycles. The lowest BCUT2D eigenvalue weighted by atomic mass is 10.1. The molecule has 2 heterocycles. The second-order valence-electron chi connectivity index (χ2n) is 12.6. The molecule has 0 atom stereocenters. The standard InChI is InChI=1S/C44H36N2O2S2/c1-29-11-19-33(20-12-29)45(35-23-15-31(27-47)16-24-35)43-39-9-5-3-7-37(39)41(49-43)42-38-8-4-6-10-40(38)44(50-42)46(34-21-13-30(2)14-22-34)36-25-17-32(28-48)18-26-36/h3-26,47-48H,27-28H2,1-2H3. The van der Waals surface area contributed by atoms with E-state index in [1.54, 1.807) is 0 Å². The molecule has 2 N–H and O–H groups in total. The molecule has 0 aliphatic rings. The average Bonchev–Trinajstić information content (AvgIpc) is 3.73. The van der Waals surface area contributed by atoms with Crippen molar-refractivity contribution in [3.63, 3.8) is 0 Å². The summed E-state index contributed by atoms with van der Waals surface area (Å²) in [5.74, 6) is 0. The zero-order chi connectivity index (χ0) is 34.2. The molecule has 6 aromatic carbocycles. The molecule has 2 aromatic heterocycles. The van der Waals surface area contributed by atoms with E-state index < -0.39 is 0 Å². The van der Waals surface area contributed by atoms with E-state index in [0.29, 0.717) is 0 Å². The Hall–Kier alpha value is -5.24. The van der Waals surface area contributed by atoms with Crippen LogP contribution in [0.4, 0.5) is 32.8 Å². The second-order valence-corrected chi connectivity index (χ2v) is 14.6. The third kappa shape index (κ3) is 5.86. The molecule has 6 heteroatoms. The van der Waals surface area contributed by atoms with Crippen molar-refractivity contribution in [3.8, 4) is 9.75 Å². The number of nitrogens with zero attached hydrogens (tertiary/aromatic N) is 2. The zero-order valence-electron chi connectivity index (χ0n) is 27.9. The van der Waals surface area contributed by atoms with Gasteiger partial charge in [-0.15, -0.1) is 22.7 Å². The number of hydrogen-bond donors (Lipinski definition) is 2. The number of aryl methyl sites for hydroxylation is 2. The first-order chi connectivity index (χ1) is 24.5. The van der Waals surface area contributed by atoms with Crippen molar-refractivity contribution in [2.24, 2.45) is 0 Å². The van der Waals surface area contributed by atoms with Gasteiger partial charge >= 0.3 is 0 Å². The van der Waals surface area contributed by atoms with E-state index in [1.165, 1.54) is 42.4 Å². The fourth-order valence-corrected chi connectivity index (χ4v) is 9.27. The Bertz CT molecular complexity index is 2240. The minimum atomic E-state index is 0.00978. The Morgan fingerprint density at radius 2 is 0.700 bits per heavy atom. The number of benzene rings is 6. The molecule has 8 rings (SSSR count). The van der Waals surface area contributed by atoms with Gasteiger partial charge < -0.3 is 20.0 Å². The van der Waals surface area contributed by atoms with Crippen LogP contribution in [0.1, 0.15) is 22.3 Å². The molecule has 0 aliphatic heterocycles. The van der Waals surface area contributed by atoms with E-state index in [9.17, 15) is 10.2 Å². The van der Waals surface area contributed by atoms with Gasteiger partial charge in [-0.3, -0.25) is 0 Å². The van der Waals surface area contributed by atoms with Gasteiger partial charge in [0.1, 0.15) is 10.0 Å². The predicted octanol–water partition coefficient (Wildman–Crippen LogP) is 12.3. The third-order valence-corrected chi connectivity index (χ3v) is 11.7. The highest BCUT2D eigenvalue weighted by atomic mass is 32.1. The van der Waals surface area contributed by atoms with Crippen LogP contribution in [0.25, 0.3) is 31.3 Å². The summed E-state index contributed by atoms with van der Waals surface area (Å²) in [7, 11) is 0. The van der Waals surface area contributed by atoms with Crippen LogP contribution in [0.15, 0.2) is 146 Å². The van der Waals surface area contributed by atoms with Gasteiger partial charge in [0.25, 0.3) is 0 Å². The summed E-state index contributed by atoms with van der Waals surface area (Å²) >= 11 is 3.63. The second kappa shape index (κ2) is 13.6. The zero-order valence-corrected chi connectivity index (χ0v) is 29.5. The Labute approximate surface area is 300 Å². The van der Waals surface area contributed by atoms with Crippen molar-refractivity contribution in [1.82, 2.24) is 0 Å². The van der Waals surface area contributed by atoms with Gasteiger partial charge in [-0.25, -0.2) is 0 Å². The summed E-state index contributed by atoms with van der Waals surface area (Å²) in [5.41, 5.74) is 8.44. The van der Waals surface area contributed by atoms with Gasteiger partial charge in [0, 0.05) is 44.3 Å². The molecule has 0 saturated heterocycles. The summed E-state index contributed by atoms with van der Waals surface area (Å²) in [6.45, 7) is 4.25. The van der Waals surface area contributed by atoms with Crippen LogP contribution in [-0.2, 0) is 13.2 Å². The van der Waals surface area contributed by atoms with Crippen LogP contribution in [0.5, 0.6) is 0 Å². The largest absolute Gasteiger partial charge is 0.392 e. The molecular weight excluding hydrogens is 653 g/mol. The van der Waals surface area contributed by atoms with E-state index in [-0.39, 0.29) is 13.2 Å². The molecule has 0 fully saturated rings. The van der Waals surface area contributed by atoms with Crippen LogP contribution in [0.2, 0.25) is 0 Å². The normalized spacial score (nSPS) is 11.4. The quantitative estimate of drug-likeness (QED) is 0.158. The fraction of sp³-hybridized carbons (Fsp3) is 0.0909. The average molecular weight is 689 g/mol. The number of thiophene rings is 2. The number of rotatable bonds is 9. The van der Waals surface area contributed by atoms with Crippen LogP contribution in [-0.4, -0.2) is 10.2 Å². The number of aliphatic hydroxyl groups is 2. The van der Waals surface area contributed by atoms with Gasteiger partial charge in [-0.2, -0.15) is 0 Å². The van der Waals surface area contributed by atoms with E-state index in [1.807, 2.05) is 46.9 Å². The maximum atomic E-state index is 9.79. The van der Waals surface area contributed by atoms with Crippen LogP contribution in [0, 0.1) is 13.8 Å². The van der Waals surface area contributed by atoms with Crippen LogP contribution in [0.3, 0.4) is 0 Å². The maximum absolute atomic E-state index is 9.79. The SMILES string of the molecule is Cc1ccc(N(c2ccc(CO)cc2)c2sc(-c3sc(N(c4ccc(C)cc4)c4ccc(CO)cc4)c4ccccc34)c3ccccc23)cc1. The number of anilines is 6. The van der Waals surface area contributed by atoms with Crippen molar-refractivity contribution in [3.05, 3.63) is 168 Å². The van der Waals surface area contributed by atoms with Crippen molar-refractivity contribution in [2.75, 3.05) is 9.80 Å². The monoisotopic (exact) mass is 688 g/mol. The van der Waals surface area contributed by atoms with Gasteiger partial charge in [-0.1, -0.05) is 108 Å². The molecule has 0 spiro atoms. The molecule has 0 aliphatic carbocycles. The summed E-state index contributed by atoms with van der Waals surface area (Å²) in [6, 6.07) is 51.2. The minimum Gasteiger partial charge on any atom is -0.392 e. The first kappa shape index (κ1) is 32.0. The van der Waals surface area contributed by atoms with E-state index in [2.05, 4.69) is 145 Å². The van der Waals surface area contributed by atoms with Crippen LogP contribution < -0.4 is 9.80 Å². The first-order valence-corrected chi connectivity index (χ1v) is 18.3. The first-order valence-electron chi connectivity index (χ1n) is 16.7. The molecule has 8 aromatic rings. The predicted molar refractivity (Wildman–Crippen MR) is 213 cm³/mol. The Morgan fingerprint density at radius 3 is 1.02 bits per heavy atom. The molecule has 0 amide bonds. The lowest BCUT2D eigenvalue weighted by Gasteiger charge is -2.25. The number of aliphatic hydroxyl groups excluding tert-OH is 2. The summed E-state index contributed by atoms with van der Waals surface area (Å²) < 4.78 is 0. The van der Waals surface area contributed by atoms with Crippen LogP contribution >= 0.6 is 22.7 Å². The molecule has 246 valence electrons. The fourth-order valence-electron chi connectivity index (χ4n) is 6.47. The van der Waals surface area contributed by atoms with Crippen molar-refractivity contribution < 1.29 is 10.2 Å². The Kier molecular flexibility index (Phi) is 8.69. The lowest BCUT2D eigenvalue weighted by molar-refractivity contribution is 0.281. The molecule has 4 nitrogen and oxygen atoms in total. The summed E-state index contributed by atoms with van der Waals surface area (Å²) in [6.07, 6.45) is 0. The molecule has 0 radical (unpaired) electrons. The maximum Gasteiger partial charge on any atom is 0.109 e. The van der Waals surface area contributed by atoms with Gasteiger partial charge in [0.05, 0.1) is 23.0 Å². The Morgan fingerprint density at radius 1 is 0.400 bits per heavy atom. The molecule has 0 unspecified atom stereocenters. The third-order valence-electron chi connectivity index (χ3n) is 9.15. The summed E-state index contributed by atoms with van der Waals surface area (Å²) in [4.78, 5) is 7.14. The minimum absolute atomic E-state index is 0.00978. The highest BCUT2D eigenvalue weighted by Crippen LogP contribution is 2.55. The van der Waals surface area contributed by atoms with Crippen molar-refractivity contribution in [2.45, 2.75) is 27.1 Å². The van der Waals surface area contributed by atoms with Gasteiger partial charge in [0.2, 0.25) is 0 Å². The highest BCUT2D eigenvalue weighted by Gasteiger charge is 2.26. The molecule has 50 heavy (non-hydrogen) atoms. The Balaban J connectivity index is 1.36. The summed E-state index contributed by atoms with van der Waals surface area (Å²) in [5, 5.41) is 26.7. The highest BCUT2D eigenvalue weighted by molar-refractivity contribution is 7.28. The lowest BCUT2D eigenvalue weighted by Crippen LogP contribution is -2.08. The van der Waals surface area contributed by atoms with Gasteiger partial charge in [-0.05, 0) is 73.5 Å². The molecule has 0 bridgehead atoms. The molecular formula is C44H36N2O2S2. The van der Waals surface area contributed by atoms with E-state index in [0.717, 1.165) is 43.9 Å². The topological polar surface area (TPSA) is 46.9 Å².